The van der Waals surface area contributed by atoms with Crippen LogP contribution in [0.25, 0.3) is 0 Å². The third-order valence-corrected chi connectivity index (χ3v) is 5.63. The van der Waals surface area contributed by atoms with Gasteiger partial charge in [0.05, 0.1) is 15.6 Å². The molecule has 1 amide bonds. The van der Waals surface area contributed by atoms with E-state index in [1.165, 1.54) is 36.4 Å². The average Bonchev–Trinajstić information content (AvgIpc) is 2.49. The molecule has 0 heterocycles. The van der Waals surface area contributed by atoms with Crippen molar-refractivity contribution in [1.82, 2.24) is 4.31 Å². The molecule has 0 aliphatic heterocycles. The van der Waals surface area contributed by atoms with Crippen LogP contribution in [-0.2, 0) is 24.3 Å². The summed E-state index contributed by atoms with van der Waals surface area (Å²) in [5.74, 6) is -1.20. The van der Waals surface area contributed by atoms with E-state index in [1.807, 2.05) is 0 Å². The summed E-state index contributed by atoms with van der Waals surface area (Å²) in [6.45, 7) is 6.72. The second kappa shape index (κ2) is 8.46. The lowest BCUT2D eigenvalue weighted by Crippen LogP contribution is -2.31. The Kier molecular flexibility index (Phi) is 7.19. The molecule has 0 spiro atoms. The summed E-state index contributed by atoms with van der Waals surface area (Å²) in [6, 6.07) is 4.06. The molecule has 1 rings (SSSR count). The Bertz CT molecular complexity index is 717. The zero-order chi connectivity index (χ0) is 18.5. The number of hydrogen-bond acceptors (Lipinski definition) is 5. The van der Waals surface area contributed by atoms with E-state index in [1.54, 1.807) is 13.8 Å². The lowest BCUT2D eigenvalue weighted by Gasteiger charge is -2.19. The number of benzene rings is 1. The molecule has 134 valence electrons. The topological polar surface area (TPSA) is 92.8 Å². The number of halogens is 1. The van der Waals surface area contributed by atoms with Gasteiger partial charge in [-0.2, -0.15) is 4.31 Å². The lowest BCUT2D eigenvalue weighted by atomic mass is 10.3. The van der Waals surface area contributed by atoms with Gasteiger partial charge in [-0.15, -0.1) is 0 Å². The highest BCUT2D eigenvalue weighted by Crippen LogP contribution is 2.27. The SMILES string of the molecule is CCN(CC)S(=O)(=O)c1ccc(Cl)c(NC(=O)C(C)OC(C)=O)c1. The van der Waals surface area contributed by atoms with E-state index in [0.29, 0.717) is 13.1 Å². The van der Waals surface area contributed by atoms with Crippen LogP contribution in [0.4, 0.5) is 5.69 Å². The number of carbonyl (C=O) groups excluding carboxylic acids is 2. The van der Waals surface area contributed by atoms with Crippen molar-refractivity contribution in [3.05, 3.63) is 23.2 Å². The molecule has 1 aromatic rings. The molecule has 1 aromatic carbocycles. The maximum absolute atomic E-state index is 12.5. The van der Waals surface area contributed by atoms with Crippen LogP contribution >= 0.6 is 11.6 Å². The first-order chi connectivity index (χ1) is 11.1. The summed E-state index contributed by atoms with van der Waals surface area (Å²) < 4.78 is 31.1. The number of nitrogens with one attached hydrogen (secondary N) is 1. The molecule has 0 aromatic heterocycles. The molecule has 0 aliphatic rings. The fraction of sp³-hybridized carbons (Fsp3) is 0.467. The number of ether oxygens (including phenoxy) is 1. The third-order valence-electron chi connectivity index (χ3n) is 3.25. The Balaban J connectivity index is 3.11. The number of carbonyl (C=O) groups is 2. The fourth-order valence-electron chi connectivity index (χ4n) is 2.01. The molecular weight excluding hydrogens is 356 g/mol. The lowest BCUT2D eigenvalue weighted by molar-refractivity contribution is -0.150. The Hall–Kier alpha value is -1.64. The van der Waals surface area contributed by atoms with Gasteiger partial charge in [0.25, 0.3) is 5.91 Å². The van der Waals surface area contributed by atoms with E-state index in [2.05, 4.69) is 5.32 Å². The van der Waals surface area contributed by atoms with E-state index in [4.69, 9.17) is 16.3 Å². The van der Waals surface area contributed by atoms with Crippen molar-refractivity contribution < 1.29 is 22.7 Å². The van der Waals surface area contributed by atoms with Crippen LogP contribution < -0.4 is 5.32 Å². The molecule has 0 aliphatic carbocycles. The van der Waals surface area contributed by atoms with Gasteiger partial charge in [-0.05, 0) is 25.1 Å². The first-order valence-corrected chi connectivity index (χ1v) is 9.23. The van der Waals surface area contributed by atoms with Gasteiger partial charge in [0.15, 0.2) is 6.10 Å². The van der Waals surface area contributed by atoms with E-state index < -0.39 is 28.0 Å². The monoisotopic (exact) mass is 376 g/mol. The highest BCUT2D eigenvalue weighted by molar-refractivity contribution is 7.89. The zero-order valence-corrected chi connectivity index (χ0v) is 15.6. The van der Waals surface area contributed by atoms with Crippen LogP contribution in [0.15, 0.2) is 23.1 Å². The van der Waals surface area contributed by atoms with Gasteiger partial charge in [-0.3, -0.25) is 9.59 Å². The van der Waals surface area contributed by atoms with Crippen LogP contribution in [0, 0.1) is 0 Å². The molecule has 0 bridgehead atoms. The number of amides is 1. The molecule has 7 nitrogen and oxygen atoms in total. The van der Waals surface area contributed by atoms with E-state index in [9.17, 15) is 18.0 Å². The number of rotatable bonds is 7. The number of anilines is 1. The first-order valence-electron chi connectivity index (χ1n) is 7.41. The number of sulfonamides is 1. The highest BCUT2D eigenvalue weighted by atomic mass is 35.5. The van der Waals surface area contributed by atoms with Gasteiger partial charge < -0.3 is 10.1 Å². The maximum atomic E-state index is 12.5. The predicted octanol–water partition coefficient (Wildman–Crippen LogP) is 2.26. The standard InChI is InChI=1S/C15H21ClN2O5S/c1-5-18(6-2)24(21,22)12-7-8-13(16)14(9-12)17-15(20)10(3)23-11(4)19/h7-10H,5-6H2,1-4H3,(H,17,20). The van der Waals surface area contributed by atoms with Crippen molar-refractivity contribution in [3.63, 3.8) is 0 Å². The van der Waals surface area contributed by atoms with Gasteiger partial charge in [0, 0.05) is 20.0 Å². The van der Waals surface area contributed by atoms with Crippen LogP contribution in [0.1, 0.15) is 27.7 Å². The van der Waals surface area contributed by atoms with Gasteiger partial charge in [0.1, 0.15) is 0 Å². The van der Waals surface area contributed by atoms with E-state index in [-0.39, 0.29) is 15.6 Å². The third kappa shape index (κ3) is 4.93. The molecule has 1 atom stereocenters. The van der Waals surface area contributed by atoms with E-state index in [0.717, 1.165) is 0 Å². The molecular formula is C15H21ClN2O5S. The molecule has 0 radical (unpaired) electrons. The van der Waals surface area contributed by atoms with Gasteiger partial charge in [-0.1, -0.05) is 25.4 Å². The number of hydrogen-bond donors (Lipinski definition) is 1. The first kappa shape index (κ1) is 20.4. The second-order valence-corrected chi connectivity index (χ2v) is 7.32. The minimum absolute atomic E-state index is 0.0195. The quantitative estimate of drug-likeness (QED) is 0.737. The van der Waals surface area contributed by atoms with Crippen LogP contribution in [0.5, 0.6) is 0 Å². The Morgan fingerprint density at radius 2 is 1.88 bits per heavy atom. The smallest absolute Gasteiger partial charge is 0.303 e. The fourth-order valence-corrected chi connectivity index (χ4v) is 3.66. The Morgan fingerprint density at radius 3 is 2.38 bits per heavy atom. The zero-order valence-electron chi connectivity index (χ0n) is 14.0. The predicted molar refractivity (Wildman–Crippen MR) is 91.4 cm³/mol. The molecule has 0 saturated carbocycles. The van der Waals surface area contributed by atoms with Crippen LogP contribution in [0.3, 0.4) is 0 Å². The van der Waals surface area contributed by atoms with E-state index >= 15 is 0 Å². The molecule has 9 heteroatoms. The summed E-state index contributed by atoms with van der Waals surface area (Å²) in [7, 11) is -3.68. The largest absolute Gasteiger partial charge is 0.453 e. The minimum atomic E-state index is -3.68. The summed E-state index contributed by atoms with van der Waals surface area (Å²) in [5, 5.41) is 2.65. The number of esters is 1. The van der Waals surface area contributed by atoms with Crippen LogP contribution in [0.2, 0.25) is 5.02 Å². The molecule has 1 unspecified atom stereocenters. The molecule has 0 fully saturated rings. The van der Waals surface area contributed by atoms with Crippen molar-refractivity contribution in [2.45, 2.75) is 38.7 Å². The van der Waals surface area contributed by atoms with Crippen molar-refractivity contribution in [2.24, 2.45) is 0 Å². The Labute approximate surface area is 147 Å². The van der Waals surface area contributed by atoms with Gasteiger partial charge in [0.2, 0.25) is 10.0 Å². The second-order valence-electron chi connectivity index (χ2n) is 4.97. The highest BCUT2D eigenvalue weighted by Gasteiger charge is 2.23. The molecule has 1 N–H and O–H groups in total. The summed E-state index contributed by atoms with van der Waals surface area (Å²) in [5.41, 5.74) is 0.133. The molecule has 0 saturated heterocycles. The summed E-state index contributed by atoms with van der Waals surface area (Å²) >= 11 is 6.02. The van der Waals surface area contributed by atoms with Crippen molar-refractivity contribution in [2.75, 3.05) is 18.4 Å². The van der Waals surface area contributed by atoms with Gasteiger partial charge >= 0.3 is 5.97 Å². The van der Waals surface area contributed by atoms with Crippen LogP contribution in [-0.4, -0.2) is 43.8 Å². The molecule has 24 heavy (non-hydrogen) atoms. The van der Waals surface area contributed by atoms with Crippen molar-refractivity contribution in [3.8, 4) is 0 Å². The normalized spacial score (nSPS) is 12.8. The maximum Gasteiger partial charge on any atom is 0.303 e. The minimum Gasteiger partial charge on any atom is -0.453 e. The summed E-state index contributed by atoms with van der Waals surface area (Å²) in [4.78, 5) is 22.9. The average molecular weight is 377 g/mol. The van der Waals surface area contributed by atoms with Gasteiger partial charge in [-0.25, -0.2) is 8.42 Å². The number of nitrogens with zero attached hydrogens (tertiary/aromatic N) is 1. The summed E-state index contributed by atoms with van der Waals surface area (Å²) in [6.07, 6.45) is -1.03. The van der Waals surface area contributed by atoms with Crippen molar-refractivity contribution >= 4 is 39.2 Å². The van der Waals surface area contributed by atoms with Crippen molar-refractivity contribution in [1.29, 1.82) is 0 Å². The Morgan fingerprint density at radius 1 is 1.29 bits per heavy atom.